The van der Waals surface area contributed by atoms with Crippen molar-refractivity contribution in [3.63, 3.8) is 0 Å². The van der Waals surface area contributed by atoms with Gasteiger partial charge in [0.15, 0.2) is 0 Å². The van der Waals surface area contributed by atoms with Crippen molar-refractivity contribution in [3.05, 3.63) is 83.9 Å². The fraction of sp³-hybridized carbons (Fsp3) is 0.185. The standard InChI is InChI=1S/C27H25N/c1-2-3-5-22-16-25(19-10-8-18(17-28)9-11-19)24-15-13-21-7-4-6-20-12-14-23(22)27(24)26(20)21/h4,6-16H,2-3,5,17,28H2,1H3. The van der Waals surface area contributed by atoms with Gasteiger partial charge in [-0.05, 0) is 73.5 Å². The largest absolute Gasteiger partial charge is 0.326 e. The number of benzene rings is 5. The monoisotopic (exact) mass is 363 g/mol. The van der Waals surface area contributed by atoms with Gasteiger partial charge in [0.1, 0.15) is 0 Å². The minimum absolute atomic E-state index is 0.584. The number of aryl methyl sites for hydroxylation is 1. The molecule has 0 bridgehead atoms. The van der Waals surface area contributed by atoms with Crippen LogP contribution in [0.25, 0.3) is 43.4 Å². The molecule has 0 fully saturated rings. The summed E-state index contributed by atoms with van der Waals surface area (Å²) in [5.74, 6) is 0. The van der Waals surface area contributed by atoms with Gasteiger partial charge in [-0.15, -0.1) is 0 Å². The van der Waals surface area contributed by atoms with E-state index in [9.17, 15) is 0 Å². The Morgan fingerprint density at radius 2 is 1.46 bits per heavy atom. The van der Waals surface area contributed by atoms with Crippen molar-refractivity contribution in [3.8, 4) is 11.1 Å². The third kappa shape index (κ3) is 2.66. The average Bonchev–Trinajstić information content (AvgIpc) is 2.76. The second-order valence-corrected chi connectivity index (χ2v) is 7.77. The molecule has 0 atom stereocenters. The Hall–Kier alpha value is -2.90. The molecular formula is C27H25N. The number of rotatable bonds is 5. The van der Waals surface area contributed by atoms with Crippen LogP contribution in [-0.4, -0.2) is 0 Å². The van der Waals surface area contributed by atoms with Crippen LogP contribution in [0.1, 0.15) is 30.9 Å². The van der Waals surface area contributed by atoms with Crippen LogP contribution in [0.4, 0.5) is 0 Å². The quantitative estimate of drug-likeness (QED) is 0.333. The third-order valence-corrected chi connectivity index (χ3v) is 6.03. The number of hydrogen-bond acceptors (Lipinski definition) is 1. The predicted octanol–water partition coefficient (Wildman–Crippen LogP) is 7.05. The fourth-order valence-corrected chi connectivity index (χ4v) is 4.54. The third-order valence-electron chi connectivity index (χ3n) is 6.03. The van der Waals surface area contributed by atoms with Crippen molar-refractivity contribution in [2.75, 3.05) is 0 Å². The Kier molecular flexibility index (Phi) is 4.26. The highest BCUT2D eigenvalue weighted by atomic mass is 14.5. The first kappa shape index (κ1) is 17.2. The first-order chi connectivity index (χ1) is 13.8. The summed E-state index contributed by atoms with van der Waals surface area (Å²) in [5.41, 5.74) is 11.0. The van der Waals surface area contributed by atoms with Gasteiger partial charge in [-0.3, -0.25) is 0 Å². The maximum Gasteiger partial charge on any atom is 0.0178 e. The fourth-order valence-electron chi connectivity index (χ4n) is 4.54. The number of nitrogens with two attached hydrogens (primary N) is 1. The van der Waals surface area contributed by atoms with E-state index in [2.05, 4.69) is 79.7 Å². The summed E-state index contributed by atoms with van der Waals surface area (Å²) in [6.07, 6.45) is 3.55. The van der Waals surface area contributed by atoms with E-state index < -0.39 is 0 Å². The minimum Gasteiger partial charge on any atom is -0.326 e. The molecule has 1 heteroatoms. The molecule has 5 rings (SSSR count). The zero-order valence-corrected chi connectivity index (χ0v) is 16.3. The predicted molar refractivity (Wildman–Crippen MR) is 122 cm³/mol. The minimum atomic E-state index is 0.584. The van der Waals surface area contributed by atoms with Crippen molar-refractivity contribution < 1.29 is 0 Å². The molecule has 0 aliphatic heterocycles. The van der Waals surface area contributed by atoms with Crippen LogP contribution in [0, 0.1) is 0 Å². The molecule has 0 radical (unpaired) electrons. The van der Waals surface area contributed by atoms with E-state index in [1.54, 1.807) is 0 Å². The topological polar surface area (TPSA) is 26.0 Å². The first-order valence-electron chi connectivity index (χ1n) is 10.3. The Bertz CT molecular complexity index is 1250. The van der Waals surface area contributed by atoms with E-state index in [4.69, 9.17) is 5.73 Å². The summed E-state index contributed by atoms with van der Waals surface area (Å²) >= 11 is 0. The lowest BCUT2D eigenvalue weighted by Crippen LogP contribution is -1.96. The molecule has 0 aliphatic carbocycles. The smallest absolute Gasteiger partial charge is 0.0178 e. The van der Waals surface area contributed by atoms with Crippen molar-refractivity contribution >= 4 is 32.3 Å². The van der Waals surface area contributed by atoms with Gasteiger partial charge in [-0.2, -0.15) is 0 Å². The average molecular weight is 364 g/mol. The summed E-state index contributed by atoms with van der Waals surface area (Å²) in [7, 11) is 0. The van der Waals surface area contributed by atoms with Gasteiger partial charge in [0.25, 0.3) is 0 Å². The van der Waals surface area contributed by atoms with Crippen molar-refractivity contribution in [1.82, 2.24) is 0 Å². The number of unbranched alkanes of at least 4 members (excludes halogenated alkanes) is 1. The van der Waals surface area contributed by atoms with Gasteiger partial charge >= 0.3 is 0 Å². The molecule has 0 spiro atoms. The van der Waals surface area contributed by atoms with E-state index in [0.29, 0.717) is 6.54 Å². The van der Waals surface area contributed by atoms with Crippen LogP contribution in [-0.2, 0) is 13.0 Å². The highest BCUT2D eigenvalue weighted by molar-refractivity contribution is 6.26. The van der Waals surface area contributed by atoms with Gasteiger partial charge in [-0.25, -0.2) is 0 Å². The molecular weight excluding hydrogens is 338 g/mol. The summed E-state index contributed by atoms with van der Waals surface area (Å²) < 4.78 is 0. The van der Waals surface area contributed by atoms with Crippen LogP contribution in [0.15, 0.2) is 72.8 Å². The van der Waals surface area contributed by atoms with Gasteiger partial charge in [-0.1, -0.05) is 80.1 Å². The van der Waals surface area contributed by atoms with Crippen LogP contribution in [0.3, 0.4) is 0 Å². The molecule has 0 aromatic heterocycles. The molecule has 138 valence electrons. The zero-order chi connectivity index (χ0) is 19.1. The van der Waals surface area contributed by atoms with Gasteiger partial charge in [0.05, 0.1) is 0 Å². The Balaban J connectivity index is 1.88. The summed E-state index contributed by atoms with van der Waals surface area (Å²) in [4.78, 5) is 0. The van der Waals surface area contributed by atoms with E-state index in [1.807, 2.05) is 0 Å². The molecule has 0 saturated carbocycles. The lowest BCUT2D eigenvalue weighted by molar-refractivity contribution is 0.799. The van der Waals surface area contributed by atoms with E-state index in [0.717, 1.165) is 6.42 Å². The Morgan fingerprint density at radius 3 is 2.14 bits per heavy atom. The summed E-state index contributed by atoms with van der Waals surface area (Å²) in [6, 6.07) is 27.0. The molecule has 0 amide bonds. The highest BCUT2D eigenvalue weighted by Gasteiger charge is 2.15. The van der Waals surface area contributed by atoms with Gasteiger partial charge in [0.2, 0.25) is 0 Å². The lowest BCUT2D eigenvalue weighted by atomic mass is 9.86. The molecule has 5 aromatic rings. The molecule has 1 nitrogen and oxygen atoms in total. The summed E-state index contributed by atoms with van der Waals surface area (Å²) in [5, 5.41) is 8.23. The normalized spacial score (nSPS) is 11.8. The molecule has 0 aliphatic rings. The van der Waals surface area contributed by atoms with E-state index in [-0.39, 0.29) is 0 Å². The van der Waals surface area contributed by atoms with Crippen LogP contribution < -0.4 is 5.73 Å². The van der Waals surface area contributed by atoms with Crippen molar-refractivity contribution in [1.29, 1.82) is 0 Å². The summed E-state index contributed by atoms with van der Waals surface area (Å²) in [6.45, 7) is 2.85. The molecule has 0 saturated heterocycles. The first-order valence-corrected chi connectivity index (χ1v) is 10.3. The van der Waals surface area contributed by atoms with Crippen LogP contribution in [0.2, 0.25) is 0 Å². The van der Waals surface area contributed by atoms with Crippen LogP contribution >= 0.6 is 0 Å². The second-order valence-electron chi connectivity index (χ2n) is 7.77. The number of hydrogen-bond donors (Lipinski definition) is 1. The molecule has 28 heavy (non-hydrogen) atoms. The molecule has 2 N–H and O–H groups in total. The zero-order valence-electron chi connectivity index (χ0n) is 16.3. The molecule has 0 heterocycles. The van der Waals surface area contributed by atoms with E-state index in [1.165, 1.54) is 67.4 Å². The van der Waals surface area contributed by atoms with Gasteiger partial charge in [0, 0.05) is 6.54 Å². The maximum absolute atomic E-state index is 5.81. The van der Waals surface area contributed by atoms with Crippen molar-refractivity contribution in [2.45, 2.75) is 32.7 Å². The van der Waals surface area contributed by atoms with Crippen molar-refractivity contribution in [2.24, 2.45) is 5.73 Å². The lowest BCUT2D eigenvalue weighted by Gasteiger charge is -2.18. The SMILES string of the molecule is CCCCc1cc(-c2ccc(CN)cc2)c2ccc3cccc4ccc1c2c43. The van der Waals surface area contributed by atoms with E-state index >= 15 is 0 Å². The Morgan fingerprint density at radius 1 is 0.750 bits per heavy atom. The van der Waals surface area contributed by atoms with Crippen LogP contribution in [0.5, 0.6) is 0 Å². The second kappa shape index (κ2) is 6.92. The molecule has 5 aromatic carbocycles. The highest BCUT2D eigenvalue weighted by Crippen LogP contribution is 2.41. The Labute approximate surface area is 166 Å². The maximum atomic E-state index is 5.81. The molecule has 0 unspecified atom stereocenters. The van der Waals surface area contributed by atoms with Gasteiger partial charge < -0.3 is 5.73 Å².